The number of alkyl halides is 1. The predicted molar refractivity (Wildman–Crippen MR) is 85.5 cm³/mol. The molecule has 0 aliphatic heterocycles. The minimum Gasteiger partial charge on any atom is -0.493 e. The predicted octanol–water partition coefficient (Wildman–Crippen LogP) is 5.06. The maximum atomic E-state index is 6.02. The van der Waals surface area contributed by atoms with E-state index in [9.17, 15) is 0 Å². The fourth-order valence-corrected chi connectivity index (χ4v) is 3.06. The summed E-state index contributed by atoms with van der Waals surface area (Å²) in [5.41, 5.74) is 2.57. The Morgan fingerprint density at radius 3 is 3.00 bits per heavy atom. The normalized spacial score (nSPS) is 18.9. The maximum absolute atomic E-state index is 6.02. The molecule has 0 fully saturated rings. The zero-order chi connectivity index (χ0) is 12.8. The van der Waals surface area contributed by atoms with Gasteiger partial charge >= 0.3 is 0 Å². The highest BCUT2D eigenvalue weighted by molar-refractivity contribution is 14.1. The van der Waals surface area contributed by atoms with Gasteiger partial charge in [0.05, 0.1) is 6.61 Å². The first-order chi connectivity index (χ1) is 8.81. The van der Waals surface area contributed by atoms with Crippen molar-refractivity contribution >= 4 is 22.6 Å². The molecular formula is C16H21IO. The standard InChI is InChI=1S/C16H21IO/c1-13-6-5-9-15(12-17)16(13)18-11-10-14-7-3-2-4-8-14/h3,5-7,9,14H,2,4,8,10-12H2,1H3. The number of benzene rings is 1. The minimum atomic E-state index is 0.728. The van der Waals surface area contributed by atoms with Gasteiger partial charge < -0.3 is 4.74 Å². The van der Waals surface area contributed by atoms with Crippen LogP contribution in [-0.4, -0.2) is 6.61 Å². The van der Waals surface area contributed by atoms with Crippen molar-refractivity contribution in [3.05, 3.63) is 41.5 Å². The fraction of sp³-hybridized carbons (Fsp3) is 0.500. The van der Waals surface area contributed by atoms with E-state index in [4.69, 9.17) is 4.74 Å². The fourth-order valence-electron chi connectivity index (χ4n) is 2.46. The summed E-state index contributed by atoms with van der Waals surface area (Å²) >= 11 is 2.40. The summed E-state index contributed by atoms with van der Waals surface area (Å²) in [7, 11) is 0. The van der Waals surface area contributed by atoms with Crippen molar-refractivity contribution in [2.24, 2.45) is 5.92 Å². The third-order valence-corrected chi connectivity index (χ3v) is 4.35. The first kappa shape index (κ1) is 13.9. The van der Waals surface area contributed by atoms with Crippen LogP contribution in [0.15, 0.2) is 30.4 Å². The lowest BCUT2D eigenvalue weighted by atomic mass is 9.93. The summed E-state index contributed by atoms with van der Waals surface area (Å²) in [5, 5.41) is 0. The highest BCUT2D eigenvalue weighted by Crippen LogP contribution is 2.27. The van der Waals surface area contributed by atoms with Gasteiger partial charge in [0.15, 0.2) is 0 Å². The zero-order valence-electron chi connectivity index (χ0n) is 11.0. The molecule has 0 bridgehead atoms. The van der Waals surface area contributed by atoms with Gasteiger partial charge in [0.25, 0.3) is 0 Å². The Balaban J connectivity index is 1.89. The number of halogens is 1. The number of hydrogen-bond donors (Lipinski definition) is 0. The molecule has 2 rings (SSSR count). The van der Waals surface area contributed by atoms with Crippen LogP contribution < -0.4 is 4.74 Å². The SMILES string of the molecule is Cc1cccc(CI)c1OCCC1C=CCCC1. The number of hydrogen-bond acceptors (Lipinski definition) is 1. The van der Waals surface area contributed by atoms with E-state index in [2.05, 4.69) is 59.9 Å². The number of aryl methyl sites for hydroxylation is 1. The molecule has 0 spiro atoms. The van der Waals surface area contributed by atoms with Crippen LogP contribution in [0.5, 0.6) is 5.75 Å². The van der Waals surface area contributed by atoms with Crippen LogP contribution in [0.25, 0.3) is 0 Å². The highest BCUT2D eigenvalue weighted by Gasteiger charge is 2.10. The van der Waals surface area contributed by atoms with Crippen molar-refractivity contribution in [3.8, 4) is 5.75 Å². The number of rotatable bonds is 5. The summed E-state index contributed by atoms with van der Waals surface area (Å²) < 4.78 is 7.03. The van der Waals surface area contributed by atoms with Gasteiger partial charge in [-0.25, -0.2) is 0 Å². The summed E-state index contributed by atoms with van der Waals surface area (Å²) in [6.07, 6.45) is 9.75. The second-order valence-corrected chi connectivity index (χ2v) is 5.72. The lowest BCUT2D eigenvalue weighted by Gasteiger charge is -2.18. The van der Waals surface area contributed by atoms with Gasteiger partial charge in [0.1, 0.15) is 5.75 Å². The lowest BCUT2D eigenvalue weighted by molar-refractivity contribution is 0.281. The molecule has 0 heterocycles. The van der Waals surface area contributed by atoms with E-state index in [1.807, 2.05) is 0 Å². The van der Waals surface area contributed by atoms with E-state index in [-0.39, 0.29) is 0 Å². The first-order valence-electron chi connectivity index (χ1n) is 6.75. The summed E-state index contributed by atoms with van der Waals surface area (Å²) in [6, 6.07) is 6.40. The van der Waals surface area contributed by atoms with Gasteiger partial charge in [-0.05, 0) is 44.1 Å². The molecule has 0 amide bonds. The highest BCUT2D eigenvalue weighted by atomic mass is 127. The molecule has 0 aromatic heterocycles. The molecular weight excluding hydrogens is 335 g/mol. The Labute approximate surface area is 124 Å². The van der Waals surface area contributed by atoms with Gasteiger partial charge in [0, 0.05) is 9.99 Å². The third kappa shape index (κ3) is 3.74. The van der Waals surface area contributed by atoms with Crippen molar-refractivity contribution in [3.63, 3.8) is 0 Å². The Hall–Kier alpha value is -0.510. The van der Waals surface area contributed by atoms with Gasteiger partial charge in [-0.3, -0.25) is 0 Å². The van der Waals surface area contributed by atoms with Gasteiger partial charge in [0.2, 0.25) is 0 Å². The lowest BCUT2D eigenvalue weighted by Crippen LogP contribution is -2.08. The number of allylic oxidation sites excluding steroid dienone is 2. The monoisotopic (exact) mass is 356 g/mol. The Bertz CT molecular complexity index is 412. The van der Waals surface area contributed by atoms with Crippen LogP contribution in [0.3, 0.4) is 0 Å². The molecule has 18 heavy (non-hydrogen) atoms. The molecule has 0 saturated heterocycles. The molecule has 1 nitrogen and oxygen atoms in total. The third-order valence-electron chi connectivity index (χ3n) is 3.53. The summed E-state index contributed by atoms with van der Waals surface area (Å²) in [6.45, 7) is 2.97. The molecule has 0 radical (unpaired) electrons. The van der Waals surface area contributed by atoms with Gasteiger partial charge in [-0.1, -0.05) is 52.9 Å². The van der Waals surface area contributed by atoms with E-state index in [1.165, 1.54) is 30.4 Å². The topological polar surface area (TPSA) is 9.23 Å². The second kappa shape index (κ2) is 7.17. The van der Waals surface area contributed by atoms with E-state index in [0.717, 1.165) is 29.1 Å². The second-order valence-electron chi connectivity index (χ2n) is 4.95. The van der Waals surface area contributed by atoms with Crippen molar-refractivity contribution in [1.29, 1.82) is 0 Å². The minimum absolute atomic E-state index is 0.728. The molecule has 0 saturated carbocycles. The van der Waals surface area contributed by atoms with Crippen molar-refractivity contribution in [2.75, 3.05) is 6.61 Å². The van der Waals surface area contributed by atoms with Crippen LogP contribution in [0, 0.1) is 12.8 Å². The average Bonchev–Trinajstić information content (AvgIpc) is 2.41. The quantitative estimate of drug-likeness (QED) is 0.407. The molecule has 0 N–H and O–H groups in total. The average molecular weight is 356 g/mol. The zero-order valence-corrected chi connectivity index (χ0v) is 13.2. The van der Waals surface area contributed by atoms with E-state index in [1.54, 1.807) is 0 Å². The molecule has 1 aromatic rings. The Morgan fingerprint density at radius 1 is 1.39 bits per heavy atom. The maximum Gasteiger partial charge on any atom is 0.126 e. The van der Waals surface area contributed by atoms with Crippen LogP contribution in [-0.2, 0) is 4.43 Å². The van der Waals surface area contributed by atoms with E-state index < -0.39 is 0 Å². The summed E-state index contributed by atoms with van der Waals surface area (Å²) in [5.74, 6) is 1.83. The Kier molecular flexibility index (Phi) is 5.54. The summed E-state index contributed by atoms with van der Waals surface area (Å²) in [4.78, 5) is 0. The molecule has 1 unspecified atom stereocenters. The Morgan fingerprint density at radius 2 is 2.28 bits per heavy atom. The molecule has 2 heteroatoms. The molecule has 1 aliphatic rings. The van der Waals surface area contributed by atoms with Crippen LogP contribution >= 0.6 is 22.6 Å². The smallest absolute Gasteiger partial charge is 0.126 e. The van der Waals surface area contributed by atoms with Gasteiger partial charge in [-0.2, -0.15) is 0 Å². The van der Waals surface area contributed by atoms with Crippen LogP contribution in [0.4, 0.5) is 0 Å². The van der Waals surface area contributed by atoms with Crippen LogP contribution in [0.1, 0.15) is 36.8 Å². The van der Waals surface area contributed by atoms with Crippen molar-refractivity contribution in [2.45, 2.75) is 37.0 Å². The van der Waals surface area contributed by atoms with Crippen LogP contribution in [0.2, 0.25) is 0 Å². The molecule has 1 aromatic carbocycles. The first-order valence-corrected chi connectivity index (χ1v) is 8.27. The largest absolute Gasteiger partial charge is 0.493 e. The number of para-hydroxylation sites is 1. The van der Waals surface area contributed by atoms with E-state index >= 15 is 0 Å². The molecule has 98 valence electrons. The molecule has 1 aliphatic carbocycles. The van der Waals surface area contributed by atoms with E-state index in [0.29, 0.717) is 0 Å². The van der Waals surface area contributed by atoms with Gasteiger partial charge in [-0.15, -0.1) is 0 Å². The van der Waals surface area contributed by atoms with Crippen molar-refractivity contribution in [1.82, 2.24) is 0 Å². The number of ether oxygens (including phenoxy) is 1. The van der Waals surface area contributed by atoms with Crippen molar-refractivity contribution < 1.29 is 4.74 Å². The molecule has 1 atom stereocenters.